The summed E-state index contributed by atoms with van der Waals surface area (Å²) in [4.78, 5) is 14.1. The molecule has 5 heteroatoms. The molecular formula is C19H23ClN2O2. The molecule has 0 aliphatic rings. The second kappa shape index (κ2) is 8.71. The van der Waals surface area contributed by atoms with Crippen molar-refractivity contribution < 1.29 is 9.53 Å². The summed E-state index contributed by atoms with van der Waals surface area (Å²) in [6.45, 7) is 5.38. The van der Waals surface area contributed by atoms with Crippen molar-refractivity contribution in [1.82, 2.24) is 4.90 Å². The summed E-state index contributed by atoms with van der Waals surface area (Å²) in [5.41, 5.74) is 3.02. The third kappa shape index (κ3) is 5.25. The van der Waals surface area contributed by atoms with Crippen LogP contribution in [0, 0.1) is 13.8 Å². The van der Waals surface area contributed by atoms with Crippen molar-refractivity contribution in [3.05, 3.63) is 58.6 Å². The van der Waals surface area contributed by atoms with Gasteiger partial charge in [-0.2, -0.15) is 0 Å². The van der Waals surface area contributed by atoms with E-state index in [1.807, 2.05) is 62.2 Å². The standard InChI is InChI=1S/C19H23ClN2O2/c1-14-7-6-8-15(2)19(14)21-18(23)13-22(3)11-12-24-17-10-5-4-9-16(17)20/h4-10H,11-13H2,1-3H3,(H,21,23). The molecule has 4 nitrogen and oxygen atoms in total. The minimum absolute atomic E-state index is 0.0346. The van der Waals surface area contributed by atoms with E-state index in [9.17, 15) is 4.79 Å². The summed E-state index contributed by atoms with van der Waals surface area (Å²) in [5.74, 6) is 0.625. The van der Waals surface area contributed by atoms with Crippen LogP contribution in [0.3, 0.4) is 0 Å². The van der Waals surface area contributed by atoms with Gasteiger partial charge in [0.2, 0.25) is 5.91 Å². The SMILES string of the molecule is Cc1cccc(C)c1NC(=O)CN(C)CCOc1ccccc1Cl. The van der Waals surface area contributed by atoms with E-state index in [2.05, 4.69) is 5.32 Å². The number of halogens is 1. The number of hydrogen-bond acceptors (Lipinski definition) is 3. The number of nitrogens with one attached hydrogen (secondary N) is 1. The van der Waals surface area contributed by atoms with Crippen LogP contribution in [-0.4, -0.2) is 37.6 Å². The monoisotopic (exact) mass is 346 g/mol. The number of carbonyl (C=O) groups is 1. The fourth-order valence-electron chi connectivity index (χ4n) is 2.39. The number of anilines is 1. The maximum atomic E-state index is 12.2. The van der Waals surface area contributed by atoms with E-state index in [4.69, 9.17) is 16.3 Å². The number of rotatable bonds is 7. The highest BCUT2D eigenvalue weighted by atomic mass is 35.5. The van der Waals surface area contributed by atoms with Crippen LogP contribution < -0.4 is 10.1 Å². The molecule has 1 amide bonds. The minimum Gasteiger partial charge on any atom is -0.491 e. The number of carbonyl (C=O) groups excluding carboxylic acids is 1. The first-order chi connectivity index (χ1) is 11.5. The molecule has 24 heavy (non-hydrogen) atoms. The number of benzene rings is 2. The predicted molar refractivity (Wildman–Crippen MR) is 99.0 cm³/mol. The van der Waals surface area contributed by atoms with Crippen molar-refractivity contribution in [3.63, 3.8) is 0 Å². The molecule has 0 aromatic heterocycles. The molecule has 0 fully saturated rings. The molecule has 0 saturated heterocycles. The second-order valence-electron chi connectivity index (χ2n) is 5.83. The third-order valence-electron chi connectivity index (χ3n) is 3.73. The minimum atomic E-state index is -0.0346. The Morgan fingerprint density at radius 2 is 1.79 bits per heavy atom. The van der Waals surface area contributed by atoms with Gasteiger partial charge in [0.15, 0.2) is 0 Å². The van der Waals surface area contributed by atoms with Crippen LogP contribution in [0.25, 0.3) is 0 Å². The van der Waals surface area contributed by atoms with E-state index >= 15 is 0 Å². The van der Waals surface area contributed by atoms with E-state index in [0.29, 0.717) is 30.5 Å². The summed E-state index contributed by atoms with van der Waals surface area (Å²) >= 11 is 6.04. The second-order valence-corrected chi connectivity index (χ2v) is 6.24. The first kappa shape index (κ1) is 18.3. The lowest BCUT2D eigenvalue weighted by atomic mass is 10.1. The molecule has 0 unspecified atom stereocenters. The van der Waals surface area contributed by atoms with Gasteiger partial charge in [-0.15, -0.1) is 0 Å². The first-order valence-corrected chi connectivity index (χ1v) is 8.27. The zero-order valence-electron chi connectivity index (χ0n) is 14.3. The summed E-state index contributed by atoms with van der Waals surface area (Å²) in [6.07, 6.45) is 0. The molecule has 2 aromatic carbocycles. The fourth-order valence-corrected chi connectivity index (χ4v) is 2.58. The largest absolute Gasteiger partial charge is 0.491 e. The Morgan fingerprint density at radius 3 is 2.46 bits per heavy atom. The van der Waals surface area contributed by atoms with Crippen LogP contribution in [0.1, 0.15) is 11.1 Å². The quantitative estimate of drug-likeness (QED) is 0.826. The van der Waals surface area contributed by atoms with Crippen molar-refractivity contribution in [1.29, 1.82) is 0 Å². The Bertz CT molecular complexity index is 683. The summed E-state index contributed by atoms with van der Waals surface area (Å²) in [6, 6.07) is 13.3. The molecule has 0 saturated carbocycles. The molecule has 0 spiro atoms. The van der Waals surface area contributed by atoms with Gasteiger partial charge < -0.3 is 10.1 Å². The average Bonchev–Trinajstić information content (AvgIpc) is 2.53. The number of likely N-dealkylation sites (N-methyl/N-ethyl adjacent to an activating group) is 1. The number of ether oxygens (including phenoxy) is 1. The molecule has 128 valence electrons. The van der Waals surface area contributed by atoms with Crippen LogP contribution in [0.2, 0.25) is 5.02 Å². The molecule has 0 heterocycles. The number of hydrogen-bond donors (Lipinski definition) is 1. The molecule has 1 N–H and O–H groups in total. The van der Waals surface area contributed by atoms with Crippen molar-refractivity contribution in [2.45, 2.75) is 13.8 Å². The molecule has 2 rings (SSSR count). The van der Waals surface area contributed by atoms with Gasteiger partial charge in [0, 0.05) is 12.2 Å². The average molecular weight is 347 g/mol. The van der Waals surface area contributed by atoms with E-state index in [-0.39, 0.29) is 5.91 Å². The van der Waals surface area contributed by atoms with Crippen LogP contribution in [0.5, 0.6) is 5.75 Å². The molecule has 0 bridgehead atoms. The highest BCUT2D eigenvalue weighted by Gasteiger charge is 2.10. The third-order valence-corrected chi connectivity index (χ3v) is 4.04. The van der Waals surface area contributed by atoms with Crippen molar-refractivity contribution in [2.75, 3.05) is 32.1 Å². The Hall–Kier alpha value is -2.04. The van der Waals surface area contributed by atoms with Crippen molar-refractivity contribution in [3.8, 4) is 5.75 Å². The number of aryl methyl sites for hydroxylation is 2. The van der Waals surface area contributed by atoms with Crippen LogP contribution in [0.4, 0.5) is 5.69 Å². The van der Waals surface area contributed by atoms with Gasteiger partial charge in [-0.1, -0.05) is 41.9 Å². The van der Waals surface area contributed by atoms with Gasteiger partial charge in [-0.05, 0) is 44.2 Å². The lowest BCUT2D eigenvalue weighted by Crippen LogP contribution is -2.33. The van der Waals surface area contributed by atoms with E-state index < -0.39 is 0 Å². The number of amides is 1. The molecule has 2 aromatic rings. The van der Waals surface area contributed by atoms with E-state index in [1.165, 1.54) is 0 Å². The number of para-hydroxylation sites is 2. The van der Waals surface area contributed by atoms with Crippen molar-refractivity contribution >= 4 is 23.2 Å². The molecule has 0 atom stereocenters. The predicted octanol–water partition coefficient (Wildman–Crippen LogP) is 3.91. The van der Waals surface area contributed by atoms with Gasteiger partial charge >= 0.3 is 0 Å². The van der Waals surface area contributed by atoms with Gasteiger partial charge in [-0.25, -0.2) is 0 Å². The van der Waals surface area contributed by atoms with Gasteiger partial charge in [0.25, 0.3) is 0 Å². The van der Waals surface area contributed by atoms with Gasteiger partial charge in [0.05, 0.1) is 11.6 Å². The Morgan fingerprint density at radius 1 is 1.12 bits per heavy atom. The van der Waals surface area contributed by atoms with E-state index in [0.717, 1.165) is 16.8 Å². The van der Waals surface area contributed by atoms with E-state index in [1.54, 1.807) is 6.07 Å². The Labute approximate surface area is 148 Å². The smallest absolute Gasteiger partial charge is 0.238 e. The van der Waals surface area contributed by atoms with Crippen LogP contribution in [0.15, 0.2) is 42.5 Å². The lowest BCUT2D eigenvalue weighted by Gasteiger charge is -2.18. The Balaban J connectivity index is 1.79. The van der Waals surface area contributed by atoms with Crippen molar-refractivity contribution in [2.24, 2.45) is 0 Å². The van der Waals surface area contributed by atoms with Gasteiger partial charge in [-0.3, -0.25) is 9.69 Å². The highest BCUT2D eigenvalue weighted by molar-refractivity contribution is 6.32. The Kier molecular flexibility index (Phi) is 6.64. The zero-order chi connectivity index (χ0) is 17.5. The zero-order valence-corrected chi connectivity index (χ0v) is 15.1. The summed E-state index contributed by atoms with van der Waals surface area (Å²) in [5, 5.41) is 3.57. The molecule has 0 aliphatic carbocycles. The first-order valence-electron chi connectivity index (χ1n) is 7.89. The number of nitrogens with zero attached hydrogens (tertiary/aromatic N) is 1. The maximum Gasteiger partial charge on any atom is 0.238 e. The topological polar surface area (TPSA) is 41.6 Å². The fraction of sp³-hybridized carbons (Fsp3) is 0.316. The molecule has 0 aliphatic heterocycles. The summed E-state index contributed by atoms with van der Waals surface area (Å²) < 4.78 is 5.64. The van der Waals surface area contributed by atoms with Crippen LogP contribution >= 0.6 is 11.6 Å². The highest BCUT2D eigenvalue weighted by Crippen LogP contribution is 2.23. The molecular weight excluding hydrogens is 324 g/mol. The van der Waals surface area contributed by atoms with Gasteiger partial charge in [0.1, 0.15) is 12.4 Å². The summed E-state index contributed by atoms with van der Waals surface area (Å²) in [7, 11) is 1.89. The van der Waals surface area contributed by atoms with Crippen LogP contribution in [-0.2, 0) is 4.79 Å². The molecule has 0 radical (unpaired) electrons. The lowest BCUT2D eigenvalue weighted by molar-refractivity contribution is -0.117. The normalized spacial score (nSPS) is 10.7. The maximum absolute atomic E-state index is 12.2.